The topological polar surface area (TPSA) is 163 Å². The van der Waals surface area contributed by atoms with Crippen LogP contribution in [0.3, 0.4) is 0 Å². The summed E-state index contributed by atoms with van der Waals surface area (Å²) >= 11 is 0. The molecule has 9 nitrogen and oxygen atoms in total. The molecule has 1 aliphatic carbocycles. The molecule has 0 aromatic carbocycles. The Balaban J connectivity index is 0.00000264. The average molecular weight is 358 g/mol. The fraction of sp³-hybridized carbons (Fsp3) is 1.00. The number of halogens is 1. The van der Waals surface area contributed by atoms with Gasteiger partial charge >= 0.3 is 0 Å². The van der Waals surface area contributed by atoms with Crippen LogP contribution >= 0.6 is 12.4 Å². The summed E-state index contributed by atoms with van der Waals surface area (Å²) in [4.78, 5) is 0. The molecule has 0 aromatic rings. The van der Waals surface area contributed by atoms with Gasteiger partial charge in [0.05, 0.1) is 18.8 Å². The van der Waals surface area contributed by atoms with Gasteiger partial charge in [-0.25, -0.2) is 0 Å². The summed E-state index contributed by atoms with van der Waals surface area (Å²) < 4.78 is 11.0. The minimum absolute atomic E-state index is 0. The molecule has 2 rings (SSSR count). The highest BCUT2D eigenvalue weighted by atomic mass is 35.5. The molecule has 0 bridgehead atoms. The zero-order chi connectivity index (χ0) is 16.7. The highest BCUT2D eigenvalue weighted by molar-refractivity contribution is 5.85. The predicted octanol–water partition coefficient (Wildman–Crippen LogP) is -3.37. The highest BCUT2D eigenvalue weighted by Crippen LogP contribution is 2.28. The third kappa shape index (κ3) is 4.13. The van der Waals surface area contributed by atoms with Crippen LogP contribution in [0, 0.1) is 0 Å². The lowest BCUT2D eigenvalue weighted by atomic mass is 9.84. The van der Waals surface area contributed by atoms with Crippen LogP contribution in [-0.4, -0.2) is 88.5 Å². The van der Waals surface area contributed by atoms with E-state index < -0.39 is 54.4 Å². The number of nitrogens with two attached hydrogens (primary N) is 2. The lowest BCUT2D eigenvalue weighted by molar-refractivity contribution is -0.296. The maximum atomic E-state index is 10.3. The predicted molar refractivity (Wildman–Crippen MR) is 83.9 cm³/mol. The van der Waals surface area contributed by atoms with Crippen molar-refractivity contribution in [1.29, 1.82) is 0 Å². The zero-order valence-corrected chi connectivity index (χ0v) is 14.0. The number of hydrogen-bond acceptors (Lipinski definition) is 9. The first-order chi connectivity index (χ1) is 10.2. The van der Waals surface area contributed by atoms with E-state index in [4.69, 9.17) is 20.9 Å². The van der Waals surface area contributed by atoms with Crippen LogP contribution in [0.15, 0.2) is 0 Å². The number of aliphatic hydroxyl groups is 4. The number of nitrogens with one attached hydrogen (secondary N) is 1. The molecule has 0 amide bonds. The lowest BCUT2D eigenvalue weighted by Gasteiger charge is -2.47. The molecule has 2 aliphatic rings. The minimum Gasteiger partial charge on any atom is -0.389 e. The van der Waals surface area contributed by atoms with Crippen molar-refractivity contribution in [3.05, 3.63) is 0 Å². The Morgan fingerprint density at radius 1 is 1.13 bits per heavy atom. The molecule has 0 spiro atoms. The fourth-order valence-corrected chi connectivity index (χ4v) is 3.19. The Hall–Kier alpha value is -0.0700. The van der Waals surface area contributed by atoms with Crippen molar-refractivity contribution < 1.29 is 29.9 Å². The molecule has 1 saturated carbocycles. The highest BCUT2D eigenvalue weighted by Gasteiger charge is 2.49. The molecular formula is C13H28ClN3O6. The number of aliphatic hydroxyl groups excluding tert-OH is 3. The summed E-state index contributed by atoms with van der Waals surface area (Å²) in [5.41, 5.74) is 10.4. The zero-order valence-electron chi connectivity index (χ0n) is 13.2. The Kier molecular flexibility index (Phi) is 7.18. The summed E-state index contributed by atoms with van der Waals surface area (Å²) in [6.07, 6.45) is -5.32. The van der Waals surface area contributed by atoms with E-state index in [0.717, 1.165) is 0 Å². The van der Waals surface area contributed by atoms with Crippen LogP contribution in [0.4, 0.5) is 0 Å². The molecule has 10 heteroatoms. The molecule has 2 fully saturated rings. The number of rotatable bonds is 3. The minimum atomic E-state index is -1.27. The maximum Gasteiger partial charge on any atom is 0.185 e. The normalized spacial score (nSPS) is 51.1. The van der Waals surface area contributed by atoms with Crippen molar-refractivity contribution in [3.63, 3.8) is 0 Å². The van der Waals surface area contributed by atoms with Gasteiger partial charge < -0.3 is 46.7 Å². The quantitative estimate of drug-likeness (QED) is 0.273. The fourth-order valence-electron chi connectivity index (χ4n) is 3.19. The van der Waals surface area contributed by atoms with Gasteiger partial charge in [0.25, 0.3) is 0 Å². The number of hydrogen-bond donors (Lipinski definition) is 7. The Morgan fingerprint density at radius 3 is 2.30 bits per heavy atom. The van der Waals surface area contributed by atoms with Crippen LogP contribution in [-0.2, 0) is 9.47 Å². The van der Waals surface area contributed by atoms with Crippen molar-refractivity contribution in [2.45, 2.75) is 67.8 Å². The Morgan fingerprint density at radius 2 is 1.74 bits per heavy atom. The van der Waals surface area contributed by atoms with Crippen LogP contribution in [0.2, 0.25) is 0 Å². The molecule has 1 aliphatic heterocycles. The molecular weight excluding hydrogens is 330 g/mol. The first kappa shape index (κ1) is 21.0. The standard InChI is InChI=1S/C13H27N3O6.ClH/c1-13(20)4-21-12(9(19)11(13)16-2)22-10-6(15)3-5(14)7(17)8(10)18;/h5-12,16-20H,3-4,14-15H2,1-2H3;1H/t5-,6+,7+,8-,9+,10-,11+,12+,13-;/m0./s1. The monoisotopic (exact) mass is 357 g/mol. The second-order valence-corrected chi connectivity index (χ2v) is 6.44. The van der Waals surface area contributed by atoms with Crippen LogP contribution in [0.25, 0.3) is 0 Å². The van der Waals surface area contributed by atoms with Gasteiger partial charge in [-0.3, -0.25) is 0 Å². The van der Waals surface area contributed by atoms with Gasteiger partial charge in [0.1, 0.15) is 23.9 Å². The van der Waals surface area contributed by atoms with E-state index in [1.807, 2.05) is 0 Å². The molecule has 0 aromatic heterocycles. The second kappa shape index (κ2) is 7.87. The van der Waals surface area contributed by atoms with Gasteiger partial charge in [-0.1, -0.05) is 0 Å². The second-order valence-electron chi connectivity index (χ2n) is 6.44. The van der Waals surface area contributed by atoms with E-state index in [1.165, 1.54) is 6.92 Å². The van der Waals surface area contributed by atoms with Gasteiger partial charge in [-0.05, 0) is 20.4 Å². The molecule has 9 N–H and O–H groups in total. The van der Waals surface area contributed by atoms with E-state index in [9.17, 15) is 20.4 Å². The van der Waals surface area contributed by atoms with Gasteiger partial charge in [0, 0.05) is 12.1 Å². The van der Waals surface area contributed by atoms with Crippen LogP contribution in [0.5, 0.6) is 0 Å². The number of ether oxygens (including phenoxy) is 2. The molecule has 138 valence electrons. The average Bonchev–Trinajstić information content (AvgIpc) is 2.43. The van der Waals surface area contributed by atoms with Crippen molar-refractivity contribution in [2.75, 3.05) is 13.7 Å². The van der Waals surface area contributed by atoms with Crippen LogP contribution < -0.4 is 16.8 Å². The third-order valence-electron chi connectivity index (χ3n) is 4.52. The largest absolute Gasteiger partial charge is 0.389 e. The molecule has 1 heterocycles. The molecule has 0 unspecified atom stereocenters. The van der Waals surface area contributed by atoms with Crippen LogP contribution in [0.1, 0.15) is 13.3 Å². The lowest BCUT2D eigenvalue weighted by Crippen LogP contribution is -2.68. The van der Waals surface area contributed by atoms with Crippen molar-refractivity contribution in [2.24, 2.45) is 11.5 Å². The van der Waals surface area contributed by atoms with E-state index in [-0.39, 0.29) is 25.4 Å². The number of likely N-dealkylation sites (N-methyl/N-ethyl adjacent to an activating group) is 1. The van der Waals surface area contributed by atoms with Gasteiger partial charge in [-0.2, -0.15) is 0 Å². The van der Waals surface area contributed by atoms with E-state index >= 15 is 0 Å². The molecule has 1 saturated heterocycles. The van der Waals surface area contributed by atoms with Crippen molar-refractivity contribution in [3.8, 4) is 0 Å². The summed E-state index contributed by atoms with van der Waals surface area (Å²) in [7, 11) is 1.61. The van der Waals surface area contributed by atoms with Gasteiger partial charge in [0.15, 0.2) is 6.29 Å². The molecule has 23 heavy (non-hydrogen) atoms. The van der Waals surface area contributed by atoms with Crippen molar-refractivity contribution in [1.82, 2.24) is 5.32 Å². The summed E-state index contributed by atoms with van der Waals surface area (Å²) in [6, 6.07) is -1.90. The first-order valence-electron chi connectivity index (χ1n) is 7.41. The van der Waals surface area contributed by atoms with Crippen molar-refractivity contribution >= 4 is 12.4 Å². The molecule has 0 radical (unpaired) electrons. The summed E-state index contributed by atoms with van der Waals surface area (Å²) in [5.74, 6) is 0. The molecule has 9 atom stereocenters. The Labute approximate surface area is 141 Å². The first-order valence-corrected chi connectivity index (χ1v) is 7.41. The summed E-state index contributed by atoms with van der Waals surface area (Å²) in [6.45, 7) is 1.48. The smallest absolute Gasteiger partial charge is 0.185 e. The van der Waals surface area contributed by atoms with E-state index in [2.05, 4.69) is 5.32 Å². The van der Waals surface area contributed by atoms with Gasteiger partial charge in [-0.15, -0.1) is 12.4 Å². The summed E-state index contributed by atoms with van der Waals surface area (Å²) in [5, 5.41) is 43.2. The maximum absolute atomic E-state index is 10.3. The van der Waals surface area contributed by atoms with Gasteiger partial charge in [0.2, 0.25) is 0 Å². The SMILES string of the molecule is CN[C@@H]1[C@@H](O)[C@@H](O[C@@H]2[C@@H](O)[C@H](O)[C@@H](N)C[C@H]2N)OC[C@]1(C)O.Cl. The van der Waals surface area contributed by atoms with E-state index in [1.54, 1.807) is 7.05 Å². The third-order valence-corrected chi connectivity index (χ3v) is 4.52. The van der Waals surface area contributed by atoms with E-state index in [0.29, 0.717) is 0 Å². The Bertz CT molecular complexity index is 391.